The first kappa shape index (κ1) is 22.6. The number of aliphatic imine (C=N–C) groups is 1. The number of hydrogen-bond donors (Lipinski definition) is 2. The summed E-state index contributed by atoms with van der Waals surface area (Å²) < 4.78 is 7.46. The molecule has 156 valence electrons. The number of nitrogens with one attached hydrogen (secondary N) is 2. The van der Waals surface area contributed by atoms with E-state index in [-0.39, 0.29) is 24.0 Å². The van der Waals surface area contributed by atoms with Gasteiger partial charge in [0.15, 0.2) is 11.8 Å². The average Bonchev–Trinajstić information content (AvgIpc) is 3.39. The fourth-order valence-electron chi connectivity index (χ4n) is 3.46. The van der Waals surface area contributed by atoms with Crippen molar-refractivity contribution in [3.05, 3.63) is 28.7 Å². The van der Waals surface area contributed by atoms with Crippen LogP contribution < -0.4 is 10.6 Å². The molecule has 9 heteroatoms. The summed E-state index contributed by atoms with van der Waals surface area (Å²) in [6, 6.07) is 0.483. The van der Waals surface area contributed by atoms with E-state index in [2.05, 4.69) is 39.8 Å². The second-order valence-corrected chi connectivity index (χ2v) is 7.10. The van der Waals surface area contributed by atoms with Gasteiger partial charge < -0.3 is 19.7 Å². The van der Waals surface area contributed by atoms with E-state index in [9.17, 15) is 0 Å². The summed E-state index contributed by atoms with van der Waals surface area (Å²) in [6.45, 7) is 7.28. The number of rotatable bonds is 7. The lowest BCUT2D eigenvalue weighted by Gasteiger charge is -2.17. The Morgan fingerprint density at radius 2 is 1.96 bits per heavy atom. The van der Waals surface area contributed by atoms with E-state index in [1.807, 2.05) is 18.5 Å². The molecule has 2 aromatic rings. The number of aromatic nitrogens is 4. The van der Waals surface area contributed by atoms with Gasteiger partial charge in [-0.25, -0.2) is 4.99 Å². The zero-order valence-electron chi connectivity index (χ0n) is 17.3. The molecule has 1 fully saturated rings. The number of aryl methyl sites for hydroxylation is 3. The van der Waals surface area contributed by atoms with Crippen LogP contribution in [0.15, 0.2) is 9.52 Å². The summed E-state index contributed by atoms with van der Waals surface area (Å²) in [5.41, 5.74) is 2.11. The maximum Gasteiger partial charge on any atom is 0.192 e. The Balaban J connectivity index is 0.00000280. The quantitative estimate of drug-likeness (QED) is 0.344. The standard InChI is InChI=1S/C19H31N7O.HI/c1-5-16-15(17(6-2)27-25-16)11-20-19(22-14-9-7-8-10-14)21-12-18-24-23-13(3)26(18)4;/h14H,5-12H2,1-4H3,(H2,20,21,22);1H. The van der Waals surface area contributed by atoms with Gasteiger partial charge in [0.05, 0.1) is 18.8 Å². The summed E-state index contributed by atoms with van der Waals surface area (Å²) in [6.07, 6.45) is 6.62. The Labute approximate surface area is 184 Å². The largest absolute Gasteiger partial charge is 0.361 e. The highest BCUT2D eigenvalue weighted by atomic mass is 127. The monoisotopic (exact) mass is 501 g/mol. The zero-order valence-corrected chi connectivity index (χ0v) is 19.6. The van der Waals surface area contributed by atoms with Crippen LogP contribution in [0.1, 0.15) is 68.2 Å². The van der Waals surface area contributed by atoms with E-state index in [0.717, 1.165) is 47.5 Å². The summed E-state index contributed by atoms with van der Waals surface area (Å²) in [4.78, 5) is 4.84. The van der Waals surface area contributed by atoms with Crippen molar-refractivity contribution < 1.29 is 4.52 Å². The molecule has 0 atom stereocenters. The van der Waals surface area contributed by atoms with Crippen LogP contribution in [-0.2, 0) is 33.0 Å². The predicted octanol–water partition coefficient (Wildman–Crippen LogP) is 3.03. The highest BCUT2D eigenvalue weighted by molar-refractivity contribution is 14.0. The van der Waals surface area contributed by atoms with Crippen LogP contribution in [0.25, 0.3) is 0 Å². The van der Waals surface area contributed by atoms with E-state index in [4.69, 9.17) is 9.52 Å². The molecule has 0 aliphatic heterocycles. The molecule has 28 heavy (non-hydrogen) atoms. The lowest BCUT2D eigenvalue weighted by Crippen LogP contribution is -2.42. The van der Waals surface area contributed by atoms with Crippen molar-refractivity contribution in [2.45, 2.75) is 78.4 Å². The second kappa shape index (κ2) is 10.8. The molecular weight excluding hydrogens is 469 g/mol. The van der Waals surface area contributed by atoms with Gasteiger partial charge >= 0.3 is 0 Å². The molecule has 0 saturated heterocycles. The predicted molar refractivity (Wildman–Crippen MR) is 120 cm³/mol. The molecule has 1 aliphatic rings. The minimum atomic E-state index is 0. The first-order valence-electron chi connectivity index (χ1n) is 9.98. The Morgan fingerprint density at radius 3 is 2.57 bits per heavy atom. The van der Waals surface area contributed by atoms with Crippen LogP contribution >= 0.6 is 24.0 Å². The fraction of sp³-hybridized carbons (Fsp3) is 0.684. The summed E-state index contributed by atoms with van der Waals surface area (Å²) in [5, 5.41) is 19.5. The van der Waals surface area contributed by atoms with E-state index in [1.165, 1.54) is 25.7 Å². The fourth-order valence-corrected chi connectivity index (χ4v) is 3.46. The van der Waals surface area contributed by atoms with Crippen molar-refractivity contribution in [3.63, 3.8) is 0 Å². The number of guanidine groups is 1. The molecule has 2 N–H and O–H groups in total. The zero-order chi connectivity index (χ0) is 19.2. The summed E-state index contributed by atoms with van der Waals surface area (Å²) >= 11 is 0. The van der Waals surface area contributed by atoms with Gasteiger partial charge in [-0.3, -0.25) is 0 Å². The maximum atomic E-state index is 5.47. The summed E-state index contributed by atoms with van der Waals surface area (Å²) in [7, 11) is 1.98. The van der Waals surface area contributed by atoms with Gasteiger partial charge in [0, 0.05) is 25.1 Å². The first-order valence-corrected chi connectivity index (χ1v) is 9.98. The second-order valence-electron chi connectivity index (χ2n) is 7.10. The molecule has 0 amide bonds. The third kappa shape index (κ3) is 5.45. The van der Waals surface area contributed by atoms with E-state index in [1.54, 1.807) is 0 Å². The van der Waals surface area contributed by atoms with Crippen LogP contribution in [-0.4, -0.2) is 31.9 Å². The molecule has 0 bridgehead atoms. The van der Waals surface area contributed by atoms with Crippen LogP contribution in [0.5, 0.6) is 0 Å². The third-order valence-corrected chi connectivity index (χ3v) is 5.29. The molecule has 2 heterocycles. The number of nitrogens with zero attached hydrogens (tertiary/aromatic N) is 5. The van der Waals surface area contributed by atoms with Crippen LogP contribution in [0.4, 0.5) is 0 Å². The molecule has 0 aromatic carbocycles. The lowest BCUT2D eigenvalue weighted by molar-refractivity contribution is 0.380. The van der Waals surface area contributed by atoms with Crippen molar-refractivity contribution >= 4 is 29.9 Å². The molecule has 2 aromatic heterocycles. The highest BCUT2D eigenvalue weighted by Gasteiger charge is 2.18. The van der Waals surface area contributed by atoms with Crippen molar-refractivity contribution in [1.82, 2.24) is 30.6 Å². The molecule has 0 unspecified atom stereocenters. The first-order chi connectivity index (χ1) is 13.1. The Bertz CT molecular complexity index is 756. The summed E-state index contributed by atoms with van der Waals surface area (Å²) in [5.74, 6) is 3.54. The minimum absolute atomic E-state index is 0. The highest BCUT2D eigenvalue weighted by Crippen LogP contribution is 2.19. The number of hydrogen-bond acceptors (Lipinski definition) is 5. The van der Waals surface area contributed by atoms with Crippen molar-refractivity contribution in [1.29, 1.82) is 0 Å². The smallest absolute Gasteiger partial charge is 0.192 e. The Kier molecular flexibility index (Phi) is 8.71. The van der Waals surface area contributed by atoms with Crippen LogP contribution in [0.3, 0.4) is 0 Å². The van der Waals surface area contributed by atoms with Gasteiger partial charge in [0.1, 0.15) is 11.6 Å². The van der Waals surface area contributed by atoms with Crippen molar-refractivity contribution in [2.24, 2.45) is 12.0 Å². The van der Waals surface area contributed by atoms with E-state index >= 15 is 0 Å². The molecule has 0 radical (unpaired) electrons. The molecule has 1 aliphatic carbocycles. The number of halogens is 1. The molecular formula is C19H32IN7O. The Hall–Kier alpha value is -1.65. The van der Waals surface area contributed by atoms with E-state index in [0.29, 0.717) is 19.1 Å². The van der Waals surface area contributed by atoms with Gasteiger partial charge in [-0.05, 0) is 26.2 Å². The average molecular weight is 501 g/mol. The van der Waals surface area contributed by atoms with Gasteiger partial charge in [0.25, 0.3) is 0 Å². The maximum absolute atomic E-state index is 5.47. The minimum Gasteiger partial charge on any atom is -0.361 e. The topological polar surface area (TPSA) is 93.2 Å². The van der Waals surface area contributed by atoms with Gasteiger partial charge in [-0.2, -0.15) is 0 Å². The van der Waals surface area contributed by atoms with E-state index < -0.39 is 0 Å². The Morgan fingerprint density at radius 1 is 1.21 bits per heavy atom. The normalized spacial score (nSPS) is 14.9. The molecule has 1 saturated carbocycles. The van der Waals surface area contributed by atoms with Crippen LogP contribution in [0.2, 0.25) is 0 Å². The van der Waals surface area contributed by atoms with Gasteiger partial charge in [-0.1, -0.05) is 31.8 Å². The van der Waals surface area contributed by atoms with Crippen molar-refractivity contribution in [2.75, 3.05) is 0 Å². The molecule has 8 nitrogen and oxygen atoms in total. The third-order valence-electron chi connectivity index (χ3n) is 5.29. The van der Waals surface area contributed by atoms with Gasteiger partial charge in [0.2, 0.25) is 0 Å². The SMILES string of the molecule is CCc1noc(CC)c1CN=C(NCc1nnc(C)n1C)NC1CCCC1.I. The molecule has 0 spiro atoms. The van der Waals surface area contributed by atoms with Crippen molar-refractivity contribution in [3.8, 4) is 0 Å². The molecule has 3 rings (SSSR count). The van der Waals surface area contributed by atoms with Crippen LogP contribution in [0, 0.1) is 6.92 Å². The lowest BCUT2D eigenvalue weighted by atomic mass is 10.1. The van der Waals surface area contributed by atoms with Gasteiger partial charge in [-0.15, -0.1) is 34.2 Å².